The van der Waals surface area contributed by atoms with Gasteiger partial charge in [-0.2, -0.15) is 19.1 Å². The van der Waals surface area contributed by atoms with Crippen LogP contribution in [0.15, 0.2) is 32.7 Å². The summed E-state index contributed by atoms with van der Waals surface area (Å²) in [5.41, 5.74) is 7.27. The second-order valence-electron chi connectivity index (χ2n) is 3.55. The topological polar surface area (TPSA) is 132 Å². The molecule has 21 heavy (non-hydrogen) atoms. The maximum Gasteiger partial charge on any atom is 0.341 e. The molecule has 0 atom stereocenters. The average Bonchev–Trinajstić information content (AvgIpc) is 2.40. The van der Waals surface area contributed by atoms with Crippen LogP contribution in [0.25, 0.3) is 0 Å². The number of nitrogens with zero attached hydrogens (tertiary/aromatic N) is 2. The van der Waals surface area contributed by atoms with Gasteiger partial charge in [0.25, 0.3) is 0 Å². The van der Waals surface area contributed by atoms with E-state index in [-0.39, 0.29) is 15.9 Å². The first kappa shape index (κ1) is 17.0. The van der Waals surface area contributed by atoms with Crippen molar-refractivity contribution >= 4 is 43.0 Å². The number of anilines is 1. The Balaban J connectivity index is 3.11. The highest BCUT2D eigenvalue weighted by Gasteiger charge is 2.27. The predicted molar refractivity (Wildman–Crippen MR) is 75.9 cm³/mol. The SMILES string of the molecule is N#C/C(=N\Nc1ccc(S(=O)(=O)C(F)F)cc1Br)C(=N)N. The molecule has 7 nitrogen and oxygen atoms in total. The van der Waals surface area contributed by atoms with Crippen LogP contribution in [0.2, 0.25) is 0 Å². The molecule has 0 bridgehead atoms. The van der Waals surface area contributed by atoms with Gasteiger partial charge in [-0.15, -0.1) is 0 Å². The Morgan fingerprint density at radius 2 is 2.14 bits per heavy atom. The van der Waals surface area contributed by atoms with Gasteiger partial charge >= 0.3 is 5.76 Å². The number of nitrogens with one attached hydrogen (secondary N) is 2. The second-order valence-corrected chi connectivity index (χ2v) is 6.32. The van der Waals surface area contributed by atoms with E-state index in [1.807, 2.05) is 0 Å². The molecule has 0 aliphatic heterocycles. The standard InChI is InChI=1S/C10H8BrF2N5O2S/c11-6-3-5(21(19,20)10(12)13)1-2-7(6)17-18-8(4-14)9(15)16/h1-3,10,17H,(H3,15,16)/b18-8+. The molecular weight excluding hydrogens is 372 g/mol. The molecular formula is C10H8BrF2N5O2S. The molecule has 1 aromatic rings. The fourth-order valence-electron chi connectivity index (χ4n) is 1.13. The van der Waals surface area contributed by atoms with E-state index in [9.17, 15) is 17.2 Å². The van der Waals surface area contributed by atoms with Crippen molar-refractivity contribution in [3.63, 3.8) is 0 Å². The van der Waals surface area contributed by atoms with Gasteiger partial charge in [0.15, 0.2) is 5.84 Å². The summed E-state index contributed by atoms with van der Waals surface area (Å²) in [5.74, 6) is -4.08. The summed E-state index contributed by atoms with van der Waals surface area (Å²) >= 11 is 2.99. The van der Waals surface area contributed by atoms with E-state index in [0.717, 1.165) is 12.1 Å². The number of nitriles is 1. The number of hydrogen-bond acceptors (Lipinski definition) is 6. The van der Waals surface area contributed by atoms with E-state index in [1.54, 1.807) is 6.07 Å². The third-order valence-electron chi connectivity index (χ3n) is 2.15. The van der Waals surface area contributed by atoms with Crippen molar-refractivity contribution in [1.82, 2.24) is 0 Å². The molecule has 0 spiro atoms. The number of rotatable bonds is 5. The van der Waals surface area contributed by atoms with Crippen LogP contribution in [0.4, 0.5) is 14.5 Å². The summed E-state index contributed by atoms with van der Waals surface area (Å²) in [6, 6.07) is 4.68. The molecule has 0 unspecified atom stereocenters. The van der Waals surface area contributed by atoms with Crippen molar-refractivity contribution in [2.45, 2.75) is 10.7 Å². The number of nitrogens with two attached hydrogens (primary N) is 1. The van der Waals surface area contributed by atoms with Gasteiger partial charge in [0.2, 0.25) is 15.5 Å². The van der Waals surface area contributed by atoms with Gasteiger partial charge in [0.1, 0.15) is 6.07 Å². The van der Waals surface area contributed by atoms with Crippen LogP contribution in [-0.4, -0.2) is 25.7 Å². The van der Waals surface area contributed by atoms with Crippen LogP contribution >= 0.6 is 15.9 Å². The molecule has 11 heteroatoms. The predicted octanol–water partition coefficient (Wildman–Crippen LogP) is 1.67. The fraction of sp³-hybridized carbons (Fsp3) is 0.100. The third-order valence-corrected chi connectivity index (χ3v) is 4.19. The fourth-order valence-corrected chi connectivity index (χ4v) is 2.49. The molecule has 0 saturated heterocycles. The number of halogens is 3. The number of hydrogen-bond donors (Lipinski definition) is 3. The lowest BCUT2D eigenvalue weighted by Gasteiger charge is -2.07. The Morgan fingerprint density at radius 3 is 2.57 bits per heavy atom. The van der Waals surface area contributed by atoms with Crippen molar-refractivity contribution in [2.24, 2.45) is 10.8 Å². The minimum atomic E-state index is -4.70. The number of benzene rings is 1. The van der Waals surface area contributed by atoms with Gasteiger partial charge in [0.05, 0.1) is 10.6 Å². The number of alkyl halides is 2. The van der Waals surface area contributed by atoms with Gasteiger partial charge in [-0.05, 0) is 34.1 Å². The molecule has 0 amide bonds. The zero-order chi connectivity index (χ0) is 16.2. The summed E-state index contributed by atoms with van der Waals surface area (Å²) in [6.07, 6.45) is 0. The Bertz CT molecular complexity index is 742. The van der Waals surface area contributed by atoms with Gasteiger partial charge in [-0.3, -0.25) is 10.8 Å². The van der Waals surface area contributed by atoms with Gasteiger partial charge in [-0.1, -0.05) is 0 Å². The summed E-state index contributed by atoms with van der Waals surface area (Å²) in [5, 5.41) is 19.2. The maximum atomic E-state index is 12.4. The Morgan fingerprint density at radius 1 is 1.52 bits per heavy atom. The highest BCUT2D eigenvalue weighted by Crippen LogP contribution is 2.28. The maximum absolute atomic E-state index is 12.4. The molecule has 4 N–H and O–H groups in total. The number of sulfone groups is 1. The van der Waals surface area contributed by atoms with Gasteiger partial charge < -0.3 is 5.73 Å². The summed E-state index contributed by atoms with van der Waals surface area (Å²) in [6.45, 7) is 0. The van der Waals surface area contributed by atoms with E-state index in [2.05, 4.69) is 26.5 Å². The third kappa shape index (κ3) is 3.96. The second kappa shape index (κ2) is 6.59. The summed E-state index contributed by atoms with van der Waals surface area (Å²) in [4.78, 5) is -0.564. The number of amidine groups is 1. The molecule has 0 aliphatic carbocycles. The monoisotopic (exact) mass is 379 g/mol. The number of hydrazone groups is 1. The molecule has 0 heterocycles. The first-order chi connectivity index (χ1) is 9.70. The van der Waals surface area contributed by atoms with E-state index in [0.29, 0.717) is 0 Å². The zero-order valence-corrected chi connectivity index (χ0v) is 12.5. The Hall–Kier alpha value is -2.06. The van der Waals surface area contributed by atoms with Crippen LogP contribution in [0, 0.1) is 16.7 Å². The first-order valence-corrected chi connectivity index (χ1v) is 7.44. The summed E-state index contributed by atoms with van der Waals surface area (Å²) in [7, 11) is -4.70. The highest BCUT2D eigenvalue weighted by molar-refractivity contribution is 9.10. The minimum absolute atomic E-state index is 0.133. The van der Waals surface area contributed by atoms with Crippen LogP contribution in [0.1, 0.15) is 0 Å². The lowest BCUT2D eigenvalue weighted by atomic mass is 10.3. The highest BCUT2D eigenvalue weighted by atomic mass is 79.9. The smallest absolute Gasteiger partial charge is 0.341 e. The first-order valence-electron chi connectivity index (χ1n) is 5.10. The molecule has 112 valence electrons. The molecule has 1 aromatic carbocycles. The van der Waals surface area contributed by atoms with E-state index in [4.69, 9.17) is 16.4 Å². The van der Waals surface area contributed by atoms with Crippen molar-refractivity contribution in [3.05, 3.63) is 22.7 Å². The average molecular weight is 380 g/mol. The lowest BCUT2D eigenvalue weighted by molar-refractivity contribution is 0.234. The molecule has 0 fully saturated rings. The van der Waals surface area contributed by atoms with Crippen molar-refractivity contribution in [3.8, 4) is 6.07 Å². The van der Waals surface area contributed by atoms with Crippen LogP contribution in [-0.2, 0) is 9.84 Å². The van der Waals surface area contributed by atoms with Gasteiger partial charge in [0, 0.05) is 4.47 Å². The quantitative estimate of drug-likeness (QED) is 0.406. The summed E-state index contributed by atoms with van der Waals surface area (Å²) < 4.78 is 47.5. The van der Waals surface area contributed by atoms with Crippen molar-refractivity contribution in [1.29, 1.82) is 10.7 Å². The molecule has 0 radical (unpaired) electrons. The molecule has 0 saturated carbocycles. The van der Waals surface area contributed by atoms with E-state index >= 15 is 0 Å². The largest absolute Gasteiger partial charge is 0.382 e. The van der Waals surface area contributed by atoms with Crippen LogP contribution in [0.3, 0.4) is 0 Å². The van der Waals surface area contributed by atoms with E-state index < -0.39 is 26.3 Å². The molecule has 0 aliphatic rings. The minimum Gasteiger partial charge on any atom is -0.382 e. The molecule has 1 rings (SSSR count). The van der Waals surface area contributed by atoms with Crippen LogP contribution < -0.4 is 11.2 Å². The van der Waals surface area contributed by atoms with Gasteiger partial charge in [-0.25, -0.2) is 8.42 Å². The van der Waals surface area contributed by atoms with E-state index in [1.165, 1.54) is 6.07 Å². The molecule has 0 aromatic heterocycles. The zero-order valence-electron chi connectivity index (χ0n) is 10.1. The normalized spacial score (nSPS) is 12.0. The Kier molecular flexibility index (Phi) is 5.34. The van der Waals surface area contributed by atoms with Crippen molar-refractivity contribution < 1.29 is 17.2 Å². The van der Waals surface area contributed by atoms with Crippen LogP contribution in [0.5, 0.6) is 0 Å². The lowest BCUT2D eigenvalue weighted by Crippen LogP contribution is -2.21. The Labute approximate surface area is 127 Å². The van der Waals surface area contributed by atoms with Crippen molar-refractivity contribution in [2.75, 3.05) is 5.43 Å².